The molecule has 1 saturated heterocycles. The predicted octanol–water partition coefficient (Wildman–Crippen LogP) is 2.74. The second-order valence-electron chi connectivity index (χ2n) is 5.90. The molecule has 0 aromatic carbocycles. The Balaban J connectivity index is 1.76. The highest BCUT2D eigenvalue weighted by molar-refractivity contribution is 5.25. The van der Waals surface area contributed by atoms with Gasteiger partial charge in [-0.15, -0.1) is 0 Å². The number of rotatable bonds is 2. The number of nitrogens with two attached hydrogens (primary N) is 1. The first-order valence-corrected chi connectivity index (χ1v) is 7.00. The average molecular weight is 246 g/mol. The Morgan fingerprint density at radius 2 is 2.33 bits per heavy atom. The number of hydrogen-bond acceptors (Lipinski definition) is 3. The topological polar surface area (TPSA) is 48.1 Å². The van der Waals surface area contributed by atoms with Gasteiger partial charge in [-0.3, -0.25) is 4.98 Å². The van der Waals surface area contributed by atoms with Gasteiger partial charge in [-0.25, -0.2) is 0 Å². The van der Waals surface area contributed by atoms with Gasteiger partial charge in [0.1, 0.15) is 0 Å². The first-order chi connectivity index (χ1) is 8.70. The maximum atomic E-state index is 6.47. The largest absolute Gasteiger partial charge is 0.375 e. The van der Waals surface area contributed by atoms with Gasteiger partial charge in [0, 0.05) is 25.0 Å². The summed E-state index contributed by atoms with van der Waals surface area (Å²) in [5.74, 6) is 0.543. The van der Waals surface area contributed by atoms with Crippen molar-refractivity contribution in [3.63, 3.8) is 0 Å². The van der Waals surface area contributed by atoms with E-state index in [0.29, 0.717) is 5.92 Å². The highest BCUT2D eigenvalue weighted by atomic mass is 16.5. The zero-order valence-corrected chi connectivity index (χ0v) is 11.1. The van der Waals surface area contributed by atoms with E-state index in [4.69, 9.17) is 10.5 Å². The normalized spacial score (nSPS) is 27.8. The predicted molar refractivity (Wildman–Crippen MR) is 71.2 cm³/mol. The summed E-state index contributed by atoms with van der Waals surface area (Å²) in [6, 6.07) is 2.16. The van der Waals surface area contributed by atoms with Crippen molar-refractivity contribution in [3.8, 4) is 0 Å². The summed E-state index contributed by atoms with van der Waals surface area (Å²) in [6.07, 6.45) is 9.74. The number of nitrogens with zero attached hydrogens (tertiary/aromatic N) is 1. The molecule has 0 bridgehead atoms. The molecule has 2 fully saturated rings. The van der Waals surface area contributed by atoms with Gasteiger partial charge < -0.3 is 10.5 Å². The van der Waals surface area contributed by atoms with Crippen LogP contribution in [0.4, 0.5) is 0 Å². The SMILES string of the molecule is Cc1ccncc1C(N)C1CCOC2(CCC2)C1. The Morgan fingerprint density at radius 1 is 1.50 bits per heavy atom. The van der Waals surface area contributed by atoms with E-state index in [0.717, 1.165) is 19.4 Å². The molecule has 1 saturated carbocycles. The van der Waals surface area contributed by atoms with Crippen LogP contribution < -0.4 is 5.73 Å². The smallest absolute Gasteiger partial charge is 0.0686 e. The standard InChI is InChI=1S/C15H22N2O/c1-11-3-7-17-10-13(11)14(16)12-4-8-18-15(9-12)5-2-6-15/h3,7,10,12,14H,2,4-6,8-9,16H2,1H3. The van der Waals surface area contributed by atoms with Gasteiger partial charge in [0.25, 0.3) is 0 Å². The Kier molecular flexibility index (Phi) is 3.12. The molecule has 1 aromatic heterocycles. The second-order valence-corrected chi connectivity index (χ2v) is 5.90. The molecule has 0 amide bonds. The van der Waals surface area contributed by atoms with Gasteiger partial charge in [-0.05, 0) is 62.1 Å². The van der Waals surface area contributed by atoms with E-state index in [-0.39, 0.29) is 11.6 Å². The Bertz CT molecular complexity index is 428. The van der Waals surface area contributed by atoms with Crippen molar-refractivity contribution < 1.29 is 4.74 Å². The van der Waals surface area contributed by atoms with E-state index in [9.17, 15) is 0 Å². The minimum atomic E-state index is 0.111. The molecule has 3 rings (SSSR count). The van der Waals surface area contributed by atoms with E-state index in [1.807, 2.05) is 18.5 Å². The highest BCUT2D eigenvalue weighted by Gasteiger charge is 2.44. The van der Waals surface area contributed by atoms with E-state index in [1.54, 1.807) is 0 Å². The first kappa shape index (κ1) is 12.1. The third-order valence-corrected chi connectivity index (χ3v) is 4.74. The maximum absolute atomic E-state index is 6.47. The van der Waals surface area contributed by atoms with Gasteiger partial charge in [-0.2, -0.15) is 0 Å². The molecule has 1 aliphatic carbocycles. The van der Waals surface area contributed by atoms with Crippen LogP contribution in [0.3, 0.4) is 0 Å². The van der Waals surface area contributed by atoms with Crippen LogP contribution in [0.15, 0.2) is 18.5 Å². The van der Waals surface area contributed by atoms with Gasteiger partial charge in [0.05, 0.1) is 5.60 Å². The Hall–Kier alpha value is -0.930. The molecule has 0 radical (unpaired) electrons. The number of aryl methyl sites for hydroxylation is 1. The van der Waals surface area contributed by atoms with Crippen LogP contribution in [0.1, 0.15) is 49.3 Å². The molecule has 2 heterocycles. The highest BCUT2D eigenvalue weighted by Crippen LogP contribution is 2.46. The molecule has 98 valence electrons. The summed E-state index contributed by atoms with van der Waals surface area (Å²) in [7, 11) is 0. The number of hydrogen-bond donors (Lipinski definition) is 1. The third-order valence-electron chi connectivity index (χ3n) is 4.74. The molecule has 1 spiro atoms. The minimum Gasteiger partial charge on any atom is -0.375 e. The first-order valence-electron chi connectivity index (χ1n) is 7.00. The van der Waals surface area contributed by atoms with Gasteiger partial charge in [0.15, 0.2) is 0 Å². The van der Waals surface area contributed by atoms with Crippen LogP contribution in [0.25, 0.3) is 0 Å². The second kappa shape index (κ2) is 4.63. The van der Waals surface area contributed by atoms with Crippen molar-refractivity contribution in [2.75, 3.05) is 6.61 Å². The quantitative estimate of drug-likeness (QED) is 0.873. The molecule has 18 heavy (non-hydrogen) atoms. The van der Waals surface area contributed by atoms with Crippen LogP contribution >= 0.6 is 0 Å². The summed E-state index contributed by atoms with van der Waals surface area (Å²) in [5, 5.41) is 0. The molecule has 2 atom stereocenters. The fraction of sp³-hybridized carbons (Fsp3) is 0.667. The van der Waals surface area contributed by atoms with Crippen LogP contribution in [-0.2, 0) is 4.74 Å². The van der Waals surface area contributed by atoms with Crippen LogP contribution in [0, 0.1) is 12.8 Å². The van der Waals surface area contributed by atoms with Crippen molar-refractivity contribution in [1.82, 2.24) is 4.98 Å². The lowest BCUT2D eigenvalue weighted by Gasteiger charge is -2.48. The van der Waals surface area contributed by atoms with Crippen molar-refractivity contribution in [3.05, 3.63) is 29.6 Å². The summed E-state index contributed by atoms with van der Waals surface area (Å²) in [6.45, 7) is 2.99. The van der Waals surface area contributed by atoms with E-state index >= 15 is 0 Å². The minimum absolute atomic E-state index is 0.111. The Labute approximate surface area is 109 Å². The van der Waals surface area contributed by atoms with E-state index in [2.05, 4.69) is 11.9 Å². The van der Waals surface area contributed by atoms with Crippen molar-refractivity contribution in [1.29, 1.82) is 0 Å². The molecular formula is C15H22N2O. The van der Waals surface area contributed by atoms with E-state index < -0.39 is 0 Å². The zero-order valence-electron chi connectivity index (χ0n) is 11.1. The average Bonchev–Trinajstić information content (AvgIpc) is 2.37. The number of ether oxygens (including phenoxy) is 1. The fourth-order valence-electron chi connectivity index (χ4n) is 3.37. The lowest BCUT2D eigenvalue weighted by atomic mass is 9.69. The molecule has 1 aromatic rings. The fourth-order valence-corrected chi connectivity index (χ4v) is 3.37. The van der Waals surface area contributed by atoms with Crippen LogP contribution in [0.5, 0.6) is 0 Å². The van der Waals surface area contributed by atoms with Crippen molar-refractivity contribution in [2.45, 2.75) is 50.7 Å². The molecule has 2 N–H and O–H groups in total. The van der Waals surface area contributed by atoms with Gasteiger partial charge in [0.2, 0.25) is 0 Å². The summed E-state index contributed by atoms with van der Waals surface area (Å²) in [5.41, 5.74) is 9.12. The maximum Gasteiger partial charge on any atom is 0.0686 e. The van der Waals surface area contributed by atoms with Crippen molar-refractivity contribution >= 4 is 0 Å². The Morgan fingerprint density at radius 3 is 3.00 bits per heavy atom. The number of aromatic nitrogens is 1. The van der Waals surface area contributed by atoms with Crippen molar-refractivity contribution in [2.24, 2.45) is 11.7 Å². The molecule has 3 nitrogen and oxygen atoms in total. The summed E-state index contributed by atoms with van der Waals surface area (Å²) >= 11 is 0. The molecule has 1 aliphatic heterocycles. The molecule has 2 unspecified atom stereocenters. The number of pyridine rings is 1. The van der Waals surface area contributed by atoms with Gasteiger partial charge >= 0.3 is 0 Å². The summed E-state index contributed by atoms with van der Waals surface area (Å²) < 4.78 is 5.98. The lowest BCUT2D eigenvalue weighted by Crippen LogP contribution is -2.47. The third kappa shape index (κ3) is 2.06. The van der Waals surface area contributed by atoms with Gasteiger partial charge in [-0.1, -0.05) is 0 Å². The summed E-state index contributed by atoms with van der Waals surface area (Å²) in [4.78, 5) is 4.22. The monoisotopic (exact) mass is 246 g/mol. The molecule has 2 aliphatic rings. The van der Waals surface area contributed by atoms with Crippen LogP contribution in [0.2, 0.25) is 0 Å². The lowest BCUT2D eigenvalue weighted by molar-refractivity contribution is -0.146. The van der Waals surface area contributed by atoms with E-state index in [1.165, 1.54) is 30.4 Å². The zero-order chi connectivity index (χ0) is 12.6. The molecule has 3 heteroatoms. The molecular weight excluding hydrogens is 224 g/mol. The van der Waals surface area contributed by atoms with Crippen LogP contribution in [-0.4, -0.2) is 17.2 Å².